The van der Waals surface area contributed by atoms with Gasteiger partial charge in [-0.1, -0.05) is 6.92 Å². The summed E-state index contributed by atoms with van der Waals surface area (Å²) in [6.07, 6.45) is 1.13. The van der Waals surface area contributed by atoms with Crippen molar-refractivity contribution in [2.45, 2.75) is 39.2 Å². The van der Waals surface area contributed by atoms with Crippen molar-refractivity contribution in [2.24, 2.45) is 0 Å². The SMILES string of the molecule is CCc1ccc(CNC(=O)NC(=O)CCCC(=O)O)s1. The van der Waals surface area contributed by atoms with Gasteiger partial charge in [-0.25, -0.2) is 4.79 Å². The minimum absolute atomic E-state index is 0.0265. The van der Waals surface area contributed by atoms with E-state index in [-0.39, 0.29) is 19.3 Å². The molecule has 7 heteroatoms. The zero-order valence-electron chi connectivity index (χ0n) is 11.3. The number of carbonyl (C=O) groups is 3. The highest BCUT2D eigenvalue weighted by Crippen LogP contribution is 2.16. The predicted molar refractivity (Wildman–Crippen MR) is 75.6 cm³/mol. The van der Waals surface area contributed by atoms with E-state index >= 15 is 0 Å². The van der Waals surface area contributed by atoms with E-state index in [0.29, 0.717) is 6.54 Å². The molecule has 110 valence electrons. The maximum atomic E-state index is 11.4. The molecule has 0 radical (unpaired) electrons. The molecular formula is C13H18N2O4S. The second kappa shape index (κ2) is 8.31. The third kappa shape index (κ3) is 6.33. The van der Waals surface area contributed by atoms with Gasteiger partial charge in [0.15, 0.2) is 0 Å². The van der Waals surface area contributed by atoms with Crippen molar-refractivity contribution < 1.29 is 19.5 Å². The van der Waals surface area contributed by atoms with Gasteiger partial charge in [0, 0.05) is 22.6 Å². The van der Waals surface area contributed by atoms with E-state index in [4.69, 9.17) is 5.11 Å². The van der Waals surface area contributed by atoms with E-state index in [1.807, 2.05) is 12.1 Å². The van der Waals surface area contributed by atoms with Gasteiger partial charge in [-0.05, 0) is 25.0 Å². The van der Waals surface area contributed by atoms with Gasteiger partial charge in [-0.2, -0.15) is 0 Å². The third-order valence-electron chi connectivity index (χ3n) is 2.54. The molecule has 0 saturated heterocycles. The predicted octanol–water partition coefficient (Wildman–Crippen LogP) is 1.89. The number of carbonyl (C=O) groups excluding carboxylic acids is 2. The molecule has 1 aromatic rings. The van der Waals surface area contributed by atoms with Crippen LogP contribution in [-0.4, -0.2) is 23.0 Å². The highest BCUT2D eigenvalue weighted by Gasteiger charge is 2.08. The summed E-state index contributed by atoms with van der Waals surface area (Å²) < 4.78 is 0. The molecule has 0 unspecified atom stereocenters. The minimum atomic E-state index is -0.952. The first kappa shape index (κ1) is 16.2. The maximum absolute atomic E-state index is 11.4. The fraction of sp³-hybridized carbons (Fsp3) is 0.462. The van der Waals surface area contributed by atoms with Gasteiger partial charge in [0.2, 0.25) is 5.91 Å². The number of urea groups is 1. The molecule has 6 nitrogen and oxygen atoms in total. The van der Waals surface area contributed by atoms with E-state index in [0.717, 1.165) is 11.3 Å². The van der Waals surface area contributed by atoms with Crippen molar-refractivity contribution in [1.29, 1.82) is 0 Å². The number of carboxylic acids is 1. The molecule has 0 aromatic carbocycles. The highest BCUT2D eigenvalue weighted by atomic mass is 32.1. The van der Waals surface area contributed by atoms with Gasteiger partial charge in [0.25, 0.3) is 0 Å². The van der Waals surface area contributed by atoms with Crippen LogP contribution in [0.2, 0.25) is 0 Å². The molecule has 20 heavy (non-hydrogen) atoms. The Bertz CT molecular complexity index is 484. The number of nitrogens with one attached hydrogen (secondary N) is 2. The average Bonchev–Trinajstić information content (AvgIpc) is 2.83. The van der Waals surface area contributed by atoms with Crippen LogP contribution in [0.15, 0.2) is 12.1 Å². The molecule has 0 bridgehead atoms. The molecular weight excluding hydrogens is 280 g/mol. The maximum Gasteiger partial charge on any atom is 0.321 e. The lowest BCUT2D eigenvalue weighted by atomic mass is 10.2. The molecule has 3 N–H and O–H groups in total. The summed E-state index contributed by atoms with van der Waals surface area (Å²) in [6, 6.07) is 3.39. The Kier molecular flexibility index (Phi) is 6.72. The van der Waals surface area contributed by atoms with Gasteiger partial charge in [-0.15, -0.1) is 11.3 Å². The van der Waals surface area contributed by atoms with Crippen LogP contribution in [0.5, 0.6) is 0 Å². The fourth-order valence-corrected chi connectivity index (χ4v) is 2.41. The smallest absolute Gasteiger partial charge is 0.321 e. The molecule has 0 aliphatic heterocycles. The Morgan fingerprint density at radius 3 is 2.50 bits per heavy atom. The van der Waals surface area contributed by atoms with Crippen LogP contribution in [0, 0.1) is 0 Å². The topological polar surface area (TPSA) is 95.5 Å². The largest absolute Gasteiger partial charge is 0.481 e. The highest BCUT2D eigenvalue weighted by molar-refractivity contribution is 7.11. The van der Waals surface area contributed by atoms with Crippen molar-refractivity contribution in [3.05, 3.63) is 21.9 Å². The van der Waals surface area contributed by atoms with Crippen LogP contribution in [0.1, 0.15) is 35.9 Å². The van der Waals surface area contributed by atoms with Gasteiger partial charge in [0.1, 0.15) is 0 Å². The summed E-state index contributed by atoms with van der Waals surface area (Å²) in [5.74, 6) is -1.42. The number of hydrogen-bond donors (Lipinski definition) is 3. The average molecular weight is 298 g/mol. The number of aliphatic carboxylic acids is 1. The van der Waals surface area contributed by atoms with E-state index in [9.17, 15) is 14.4 Å². The second-order valence-corrected chi connectivity index (χ2v) is 5.45. The van der Waals surface area contributed by atoms with E-state index in [2.05, 4.69) is 17.6 Å². The number of aryl methyl sites for hydroxylation is 1. The Morgan fingerprint density at radius 2 is 1.90 bits per heavy atom. The Morgan fingerprint density at radius 1 is 1.20 bits per heavy atom. The zero-order chi connectivity index (χ0) is 15.0. The normalized spacial score (nSPS) is 10.1. The molecule has 1 heterocycles. The Labute approximate surface area is 121 Å². The molecule has 1 aromatic heterocycles. The lowest BCUT2D eigenvalue weighted by Gasteiger charge is -2.05. The summed E-state index contributed by atoms with van der Waals surface area (Å²) in [7, 11) is 0. The van der Waals surface area contributed by atoms with Crippen LogP contribution in [0.3, 0.4) is 0 Å². The van der Waals surface area contributed by atoms with Crippen LogP contribution in [-0.2, 0) is 22.6 Å². The summed E-state index contributed by atoms with van der Waals surface area (Å²) in [6.45, 7) is 2.43. The summed E-state index contributed by atoms with van der Waals surface area (Å²) in [5.41, 5.74) is 0. The quantitative estimate of drug-likeness (QED) is 0.716. The number of hydrogen-bond acceptors (Lipinski definition) is 4. The molecule has 0 spiro atoms. The lowest BCUT2D eigenvalue weighted by Crippen LogP contribution is -2.38. The van der Waals surface area contributed by atoms with Gasteiger partial charge in [-0.3, -0.25) is 14.9 Å². The third-order valence-corrected chi connectivity index (χ3v) is 3.77. The van der Waals surface area contributed by atoms with Gasteiger partial charge in [0.05, 0.1) is 6.54 Å². The summed E-state index contributed by atoms with van der Waals surface area (Å²) in [4.78, 5) is 35.3. The molecule has 1 rings (SSSR count). The molecule has 0 saturated carbocycles. The van der Waals surface area contributed by atoms with E-state index < -0.39 is 17.9 Å². The number of amides is 3. The number of carboxylic acid groups (broad SMARTS) is 1. The minimum Gasteiger partial charge on any atom is -0.481 e. The lowest BCUT2D eigenvalue weighted by molar-refractivity contribution is -0.137. The summed E-state index contributed by atoms with van der Waals surface area (Å²) >= 11 is 1.62. The molecule has 0 aliphatic carbocycles. The fourth-order valence-electron chi connectivity index (χ4n) is 1.51. The molecule has 0 fully saturated rings. The van der Waals surface area contributed by atoms with E-state index in [1.54, 1.807) is 11.3 Å². The zero-order valence-corrected chi connectivity index (χ0v) is 12.1. The first-order chi connectivity index (χ1) is 9.51. The van der Waals surface area contributed by atoms with E-state index in [1.165, 1.54) is 4.88 Å². The standard InChI is InChI=1S/C13H18N2O4S/c1-2-9-6-7-10(20-9)8-14-13(19)15-11(16)4-3-5-12(17)18/h6-7H,2-5,8H2,1H3,(H,17,18)(H2,14,15,16,19). The van der Waals surface area contributed by atoms with Crippen molar-refractivity contribution in [3.8, 4) is 0 Å². The Hall–Kier alpha value is -1.89. The van der Waals surface area contributed by atoms with Gasteiger partial charge < -0.3 is 10.4 Å². The Balaban J connectivity index is 2.22. The molecule has 0 atom stereocenters. The second-order valence-electron chi connectivity index (χ2n) is 4.20. The number of rotatable bonds is 7. The molecule has 3 amide bonds. The van der Waals surface area contributed by atoms with Crippen molar-refractivity contribution in [3.63, 3.8) is 0 Å². The van der Waals surface area contributed by atoms with Crippen LogP contribution in [0.4, 0.5) is 4.79 Å². The first-order valence-corrected chi connectivity index (χ1v) is 7.20. The van der Waals surface area contributed by atoms with Gasteiger partial charge >= 0.3 is 12.0 Å². The van der Waals surface area contributed by atoms with Crippen LogP contribution in [0.25, 0.3) is 0 Å². The first-order valence-electron chi connectivity index (χ1n) is 6.38. The van der Waals surface area contributed by atoms with Crippen molar-refractivity contribution >= 4 is 29.2 Å². The van der Waals surface area contributed by atoms with Crippen molar-refractivity contribution in [2.75, 3.05) is 0 Å². The van der Waals surface area contributed by atoms with Crippen LogP contribution < -0.4 is 10.6 Å². The van der Waals surface area contributed by atoms with Crippen molar-refractivity contribution in [1.82, 2.24) is 10.6 Å². The molecule has 0 aliphatic rings. The summed E-state index contributed by atoms with van der Waals surface area (Å²) in [5, 5.41) is 13.2. The number of thiophene rings is 1. The number of imide groups is 1. The van der Waals surface area contributed by atoms with Crippen LogP contribution >= 0.6 is 11.3 Å². The monoisotopic (exact) mass is 298 g/mol.